The molecule has 0 aromatic heterocycles. The number of benzene rings is 1. The molecule has 0 saturated carbocycles. The molecule has 8 heteroatoms. The van der Waals surface area contributed by atoms with E-state index in [1.807, 2.05) is 0 Å². The molecule has 0 aliphatic rings. The standard InChI is InChI=1S/C6H7NO5S2/c8-13(9)7(12-14(10)11)6-4-2-1-3-5-6/h1-5H,(H,8,9)(H,10,11)/p-2. The molecule has 6 nitrogen and oxygen atoms in total. The lowest BCUT2D eigenvalue weighted by Crippen LogP contribution is -2.26. The first-order valence-corrected chi connectivity index (χ1v) is 5.36. The molecule has 0 heterocycles. The molecule has 78 valence electrons. The van der Waals surface area contributed by atoms with Gasteiger partial charge in [-0.2, -0.15) is 8.75 Å². The molecule has 0 aliphatic heterocycles. The van der Waals surface area contributed by atoms with Crippen LogP contribution in [0, 0.1) is 0 Å². The lowest BCUT2D eigenvalue weighted by Gasteiger charge is -2.24. The molecule has 0 N–H and O–H groups in total. The summed E-state index contributed by atoms with van der Waals surface area (Å²) in [5.41, 5.74) is 0.102. The lowest BCUT2D eigenvalue weighted by molar-refractivity contribution is 0.311. The minimum Gasteiger partial charge on any atom is -0.753 e. The van der Waals surface area contributed by atoms with Crippen molar-refractivity contribution in [2.75, 3.05) is 4.47 Å². The van der Waals surface area contributed by atoms with E-state index in [0.717, 1.165) is 0 Å². The fraction of sp³-hybridized carbons (Fsp3) is 0. The van der Waals surface area contributed by atoms with Crippen LogP contribution in [0.2, 0.25) is 0 Å². The van der Waals surface area contributed by atoms with E-state index in [4.69, 9.17) is 0 Å². The summed E-state index contributed by atoms with van der Waals surface area (Å²) in [5.74, 6) is 0. The molecule has 0 aliphatic carbocycles. The van der Waals surface area contributed by atoms with Crippen molar-refractivity contribution in [3.05, 3.63) is 30.3 Å². The molecule has 14 heavy (non-hydrogen) atoms. The Morgan fingerprint density at radius 2 is 1.71 bits per heavy atom. The second-order valence-corrected chi connectivity index (χ2v) is 3.41. The molecule has 0 fully saturated rings. The maximum absolute atomic E-state index is 10.6. The normalized spacial score (nSPS) is 14.7. The Kier molecular flexibility index (Phi) is 4.17. The Morgan fingerprint density at radius 1 is 1.14 bits per heavy atom. The van der Waals surface area contributed by atoms with Gasteiger partial charge in [-0.3, -0.25) is 0 Å². The number of hydrogen-bond donors (Lipinski definition) is 0. The highest BCUT2D eigenvalue weighted by Crippen LogP contribution is 2.15. The largest absolute Gasteiger partial charge is 0.753 e. The van der Waals surface area contributed by atoms with Gasteiger partial charge in [0.2, 0.25) is 0 Å². The van der Waals surface area contributed by atoms with Gasteiger partial charge in [0, 0.05) is 0 Å². The molecular weight excluding hydrogens is 230 g/mol. The third-order valence-corrected chi connectivity index (χ3v) is 2.15. The molecule has 0 radical (unpaired) electrons. The number of nitrogens with zero attached hydrogens (tertiary/aromatic N) is 1. The number of para-hydroxylation sites is 1. The second kappa shape index (κ2) is 5.17. The number of rotatable bonds is 4. The van der Waals surface area contributed by atoms with E-state index in [1.54, 1.807) is 18.2 Å². The Bertz CT molecular complexity index is 343. The van der Waals surface area contributed by atoms with E-state index < -0.39 is 22.6 Å². The zero-order valence-corrected chi connectivity index (χ0v) is 8.32. The first-order valence-electron chi connectivity index (χ1n) is 3.33. The van der Waals surface area contributed by atoms with Crippen molar-refractivity contribution in [2.45, 2.75) is 0 Å². The third-order valence-electron chi connectivity index (χ3n) is 1.23. The van der Waals surface area contributed by atoms with E-state index in [1.165, 1.54) is 12.1 Å². The maximum atomic E-state index is 10.6. The van der Waals surface area contributed by atoms with Gasteiger partial charge in [0.1, 0.15) is 11.4 Å². The van der Waals surface area contributed by atoms with Crippen LogP contribution in [-0.4, -0.2) is 17.5 Å². The van der Waals surface area contributed by atoms with Crippen molar-refractivity contribution in [3.63, 3.8) is 0 Å². The summed E-state index contributed by atoms with van der Waals surface area (Å²) in [6.07, 6.45) is 0. The van der Waals surface area contributed by atoms with E-state index in [2.05, 4.69) is 4.28 Å². The molecule has 0 amide bonds. The molecule has 0 bridgehead atoms. The maximum Gasteiger partial charge on any atom is 0.114 e. The highest BCUT2D eigenvalue weighted by atomic mass is 32.2. The van der Waals surface area contributed by atoms with Gasteiger partial charge in [-0.15, -0.1) is 0 Å². The quantitative estimate of drug-likeness (QED) is 0.541. The monoisotopic (exact) mass is 235 g/mol. The first kappa shape index (κ1) is 11.3. The number of anilines is 1. The third kappa shape index (κ3) is 3.16. The van der Waals surface area contributed by atoms with Gasteiger partial charge in [0.05, 0.1) is 17.0 Å². The lowest BCUT2D eigenvalue weighted by atomic mass is 10.3. The van der Waals surface area contributed by atoms with Crippen LogP contribution in [0.25, 0.3) is 0 Å². The minimum absolute atomic E-state index is 0.102. The predicted octanol–water partition coefficient (Wildman–Crippen LogP) is 0.0128. The molecule has 2 atom stereocenters. The molecule has 0 saturated heterocycles. The van der Waals surface area contributed by atoms with Crippen molar-refractivity contribution < 1.29 is 21.8 Å². The second-order valence-electron chi connectivity index (χ2n) is 2.09. The van der Waals surface area contributed by atoms with Crippen LogP contribution < -0.4 is 4.47 Å². The fourth-order valence-electron chi connectivity index (χ4n) is 0.759. The van der Waals surface area contributed by atoms with Gasteiger partial charge >= 0.3 is 0 Å². The van der Waals surface area contributed by atoms with E-state index in [0.29, 0.717) is 0 Å². The smallest absolute Gasteiger partial charge is 0.114 e. The molecule has 1 aromatic rings. The van der Waals surface area contributed by atoms with Crippen molar-refractivity contribution >= 4 is 28.3 Å². The van der Waals surface area contributed by atoms with Crippen molar-refractivity contribution in [3.8, 4) is 0 Å². The van der Waals surface area contributed by atoms with Gasteiger partial charge in [0.15, 0.2) is 0 Å². The van der Waals surface area contributed by atoms with Crippen molar-refractivity contribution in [2.24, 2.45) is 0 Å². The molecule has 2 unspecified atom stereocenters. The van der Waals surface area contributed by atoms with Crippen LogP contribution in [0.15, 0.2) is 30.3 Å². The SMILES string of the molecule is O=S([O-])ON(c1ccccc1)S(=O)[O-]. The zero-order chi connectivity index (χ0) is 10.6. The minimum atomic E-state index is -2.93. The number of hydrogen-bond acceptors (Lipinski definition) is 5. The van der Waals surface area contributed by atoms with E-state index >= 15 is 0 Å². The highest BCUT2D eigenvalue weighted by molar-refractivity contribution is 7.81. The van der Waals surface area contributed by atoms with Crippen LogP contribution in [0.5, 0.6) is 0 Å². The Morgan fingerprint density at radius 3 is 2.14 bits per heavy atom. The molecule has 1 rings (SSSR count). The summed E-state index contributed by atoms with van der Waals surface area (Å²) in [4.78, 5) is 0. The van der Waals surface area contributed by atoms with E-state index in [9.17, 15) is 17.5 Å². The van der Waals surface area contributed by atoms with Crippen LogP contribution in [0.3, 0.4) is 0 Å². The van der Waals surface area contributed by atoms with Crippen LogP contribution in [0.1, 0.15) is 0 Å². The summed E-state index contributed by atoms with van der Waals surface area (Å²) >= 11 is -5.74. The van der Waals surface area contributed by atoms with Gasteiger partial charge in [0.25, 0.3) is 0 Å². The average Bonchev–Trinajstić information content (AvgIpc) is 2.15. The fourth-order valence-corrected chi connectivity index (χ4v) is 1.60. The van der Waals surface area contributed by atoms with Crippen LogP contribution in [0.4, 0.5) is 5.69 Å². The van der Waals surface area contributed by atoms with Gasteiger partial charge < -0.3 is 9.11 Å². The summed E-state index contributed by atoms with van der Waals surface area (Å²) in [6, 6.07) is 7.54. The van der Waals surface area contributed by atoms with E-state index in [-0.39, 0.29) is 10.2 Å². The summed E-state index contributed by atoms with van der Waals surface area (Å²) in [5, 5.41) is 0. The Hall–Kier alpha value is -0.800. The Labute approximate surface area is 85.4 Å². The Balaban J connectivity index is 2.89. The van der Waals surface area contributed by atoms with Crippen LogP contribution in [-0.2, 0) is 26.9 Å². The molecule has 0 spiro atoms. The van der Waals surface area contributed by atoms with Crippen molar-refractivity contribution in [1.82, 2.24) is 0 Å². The van der Waals surface area contributed by atoms with Gasteiger partial charge in [-0.25, -0.2) is 8.42 Å². The molecule has 1 aromatic carbocycles. The van der Waals surface area contributed by atoms with Crippen LogP contribution >= 0.6 is 0 Å². The highest BCUT2D eigenvalue weighted by Gasteiger charge is 2.07. The summed E-state index contributed by atoms with van der Waals surface area (Å²) in [7, 11) is 0. The first-order chi connectivity index (χ1) is 6.61. The summed E-state index contributed by atoms with van der Waals surface area (Å²) < 4.78 is 45.7. The predicted molar refractivity (Wildman–Crippen MR) is 47.8 cm³/mol. The van der Waals surface area contributed by atoms with Gasteiger partial charge in [-0.1, -0.05) is 18.2 Å². The molecular formula is C6H5NO5S2-2. The zero-order valence-electron chi connectivity index (χ0n) is 6.69. The average molecular weight is 235 g/mol. The van der Waals surface area contributed by atoms with Crippen molar-refractivity contribution in [1.29, 1.82) is 0 Å². The van der Waals surface area contributed by atoms with Gasteiger partial charge in [-0.05, 0) is 12.1 Å². The summed E-state index contributed by atoms with van der Waals surface area (Å²) in [6.45, 7) is 0. The topological polar surface area (TPSA) is 92.7 Å².